The summed E-state index contributed by atoms with van der Waals surface area (Å²) in [5.41, 5.74) is -2.00. The van der Waals surface area contributed by atoms with Gasteiger partial charge in [-0.2, -0.15) is 5.26 Å². The van der Waals surface area contributed by atoms with Crippen LogP contribution in [0.15, 0.2) is 0 Å². The summed E-state index contributed by atoms with van der Waals surface area (Å²) in [4.78, 5) is 206. The second-order valence-electron chi connectivity index (χ2n) is 30.6. The maximum Gasteiger partial charge on any atom is 0.303 e. The molecule has 3 aliphatic heterocycles. The SMILES string of the molecule is CC(=O)NC1C(OCCOCCNC(=O)CCC(NC(=O)CCC(NC(=O)[C@H]2CC[C@@H](OP(OCCC#N)N(C(C)C)C(C)C)CC2)C(=O)NCCOCCOC2(NC(C)=O)COC(COC(C)=O)C(OC(C)=O)C2OC(C)=O)C(=O)NCCOCCOC2OC(COC(C)=O)C(OC(C)=O)C(OC(C)O)C2NC(C)=O)OC(COC(C)=O)C(OC(C)=O)C1OC(C)=O. The van der Waals surface area contributed by atoms with Crippen molar-refractivity contribution < 1.29 is 176 Å². The molecule has 0 spiro atoms. The highest BCUT2D eigenvalue weighted by Crippen LogP contribution is 2.49. The Hall–Kier alpha value is -9.12. The molecule has 0 aromatic carbocycles. The molecule has 3 saturated heterocycles. The van der Waals surface area contributed by atoms with Crippen molar-refractivity contribution in [3.05, 3.63) is 0 Å². The van der Waals surface area contributed by atoms with Crippen molar-refractivity contribution in [3.8, 4) is 6.07 Å². The van der Waals surface area contributed by atoms with Crippen molar-refractivity contribution in [2.24, 2.45) is 5.92 Å². The number of nitrogens with one attached hydrogen (secondary N) is 8. The first-order valence-electron chi connectivity index (χ1n) is 42.2. The summed E-state index contributed by atoms with van der Waals surface area (Å²) in [6, 6.07) is -3.24. The van der Waals surface area contributed by atoms with Gasteiger partial charge in [0.15, 0.2) is 49.4 Å². The molecule has 726 valence electrons. The fourth-order valence-corrected chi connectivity index (χ4v) is 15.8. The summed E-state index contributed by atoms with van der Waals surface area (Å²) in [5.74, 6) is -12.3. The molecule has 1 aliphatic carbocycles. The van der Waals surface area contributed by atoms with E-state index in [-0.39, 0.29) is 130 Å². The van der Waals surface area contributed by atoms with Gasteiger partial charge < -0.3 is 142 Å². The van der Waals surface area contributed by atoms with Crippen molar-refractivity contribution in [1.82, 2.24) is 47.2 Å². The Morgan fingerprint density at radius 1 is 0.484 bits per heavy atom. The van der Waals surface area contributed by atoms with Crippen LogP contribution in [-0.4, -0.2) is 339 Å². The molecule has 4 rings (SSSR count). The van der Waals surface area contributed by atoms with E-state index in [1.54, 1.807) is 0 Å². The van der Waals surface area contributed by atoms with Crippen LogP contribution in [0, 0.1) is 17.2 Å². The molecule has 9 N–H and O–H groups in total. The van der Waals surface area contributed by atoms with Gasteiger partial charge in [-0.1, -0.05) is 0 Å². The van der Waals surface area contributed by atoms with Gasteiger partial charge in [-0.05, 0) is 73.1 Å². The summed E-state index contributed by atoms with van der Waals surface area (Å²) in [5, 5.41) is 40.9. The maximum absolute atomic E-state index is 14.4. The van der Waals surface area contributed by atoms with E-state index in [2.05, 4.69) is 53.3 Å². The average molecular weight is 1850 g/mol. The third kappa shape index (κ3) is 41.3. The van der Waals surface area contributed by atoms with E-state index in [1.807, 2.05) is 27.7 Å². The third-order valence-electron chi connectivity index (χ3n) is 19.1. The highest BCUT2D eigenvalue weighted by atomic mass is 31.2. The zero-order valence-electron chi connectivity index (χ0n) is 75.4. The summed E-state index contributed by atoms with van der Waals surface area (Å²) < 4.78 is 117. The molecule has 48 heteroatoms. The zero-order chi connectivity index (χ0) is 95.3. The number of aliphatic hydroxyl groups excluding tert-OH is 1. The quantitative estimate of drug-likeness (QED) is 0.0111. The van der Waals surface area contributed by atoms with Gasteiger partial charge in [-0.15, -0.1) is 0 Å². The Morgan fingerprint density at radius 3 is 1.38 bits per heavy atom. The number of amides is 8. The van der Waals surface area contributed by atoms with Gasteiger partial charge in [0.25, 0.3) is 8.53 Å². The van der Waals surface area contributed by atoms with Gasteiger partial charge >= 0.3 is 47.8 Å². The number of esters is 8. The minimum absolute atomic E-state index is 0.0156. The van der Waals surface area contributed by atoms with Crippen molar-refractivity contribution in [2.45, 2.75) is 290 Å². The van der Waals surface area contributed by atoms with Crippen LogP contribution in [0.4, 0.5) is 0 Å². The van der Waals surface area contributed by atoms with Gasteiger partial charge in [0.05, 0.1) is 91.3 Å². The fraction of sp³-hybridized carbons (Fsp3) is 0.787. The van der Waals surface area contributed by atoms with Crippen molar-refractivity contribution in [2.75, 3.05) is 112 Å². The molecule has 0 bridgehead atoms. The second-order valence-corrected chi connectivity index (χ2v) is 32.0. The van der Waals surface area contributed by atoms with E-state index < -0.39 is 246 Å². The normalized spacial score (nSPS) is 24.7. The minimum Gasteiger partial charge on any atom is -0.463 e. The Balaban J connectivity index is 1.56. The van der Waals surface area contributed by atoms with Crippen LogP contribution < -0.4 is 42.5 Å². The average Bonchev–Trinajstić information content (AvgIpc) is 0.765. The summed E-state index contributed by atoms with van der Waals surface area (Å²) in [7, 11) is -1.62. The predicted octanol–water partition coefficient (Wildman–Crippen LogP) is -1.42. The fourth-order valence-electron chi connectivity index (χ4n) is 14.0. The van der Waals surface area contributed by atoms with E-state index in [0.717, 1.165) is 62.3 Å². The van der Waals surface area contributed by atoms with Crippen LogP contribution in [0.1, 0.15) is 169 Å². The number of nitrogens with zero attached hydrogens (tertiary/aromatic N) is 2. The van der Waals surface area contributed by atoms with E-state index in [4.69, 9.17) is 94.3 Å². The number of ether oxygens (including phenoxy) is 18. The summed E-state index contributed by atoms with van der Waals surface area (Å²) in [6.45, 7) is 17.3. The lowest BCUT2D eigenvalue weighted by Crippen LogP contribution is -2.72. The van der Waals surface area contributed by atoms with E-state index >= 15 is 0 Å². The lowest BCUT2D eigenvalue weighted by atomic mass is 9.86. The molecule has 128 heavy (non-hydrogen) atoms. The topological polar surface area (TPSA) is 601 Å². The molecular formula is C80H129N10O37P. The zero-order valence-corrected chi connectivity index (χ0v) is 76.3. The maximum atomic E-state index is 14.4. The molecular weight excluding hydrogens is 1720 g/mol. The first kappa shape index (κ1) is 111. The Kier molecular flexibility index (Phi) is 50.8. The molecule has 3 heterocycles. The Bertz CT molecular complexity index is 3640. The van der Waals surface area contributed by atoms with Crippen LogP contribution in [-0.2, 0) is 171 Å². The molecule has 8 amide bonds. The summed E-state index contributed by atoms with van der Waals surface area (Å²) >= 11 is 0. The van der Waals surface area contributed by atoms with Crippen LogP contribution in [0.3, 0.4) is 0 Å². The van der Waals surface area contributed by atoms with Crippen molar-refractivity contribution in [3.63, 3.8) is 0 Å². The van der Waals surface area contributed by atoms with Crippen LogP contribution in [0.2, 0.25) is 0 Å². The van der Waals surface area contributed by atoms with E-state index in [0.29, 0.717) is 25.7 Å². The van der Waals surface area contributed by atoms with Crippen molar-refractivity contribution >= 4 is 104 Å². The molecule has 0 radical (unpaired) electrons. The number of hydrogen-bond acceptors (Lipinski definition) is 39. The minimum atomic E-state index is -2.00. The molecule has 47 nitrogen and oxygen atoms in total. The molecule has 1 saturated carbocycles. The molecule has 0 aromatic rings. The molecule has 18 atom stereocenters. The van der Waals surface area contributed by atoms with Gasteiger partial charge in [0.1, 0.15) is 68.4 Å². The lowest BCUT2D eigenvalue weighted by Gasteiger charge is -2.48. The van der Waals surface area contributed by atoms with E-state index in [9.17, 15) is 87.1 Å². The van der Waals surface area contributed by atoms with Gasteiger partial charge in [-0.3, -0.25) is 76.7 Å². The first-order valence-corrected chi connectivity index (χ1v) is 43.3. The lowest BCUT2D eigenvalue weighted by molar-refractivity contribution is -0.297. The number of rotatable bonds is 56. The van der Waals surface area contributed by atoms with Crippen LogP contribution >= 0.6 is 8.53 Å². The summed E-state index contributed by atoms with van der Waals surface area (Å²) in [6.07, 6.45) is -16.7. The third-order valence-corrected chi connectivity index (χ3v) is 21.3. The number of aliphatic hydroxyl groups is 1. The van der Waals surface area contributed by atoms with Crippen LogP contribution in [0.25, 0.3) is 0 Å². The molecule has 4 fully saturated rings. The molecule has 18 unspecified atom stereocenters. The van der Waals surface area contributed by atoms with Crippen molar-refractivity contribution in [1.29, 1.82) is 5.26 Å². The molecule has 0 aromatic heterocycles. The predicted molar refractivity (Wildman–Crippen MR) is 437 cm³/mol. The largest absolute Gasteiger partial charge is 0.463 e. The highest BCUT2D eigenvalue weighted by molar-refractivity contribution is 7.44. The molecule has 4 aliphatic rings. The number of nitriles is 1. The first-order chi connectivity index (χ1) is 60.5. The highest BCUT2D eigenvalue weighted by Gasteiger charge is 2.58. The van der Waals surface area contributed by atoms with Gasteiger partial charge in [-0.25, -0.2) is 4.67 Å². The van der Waals surface area contributed by atoms with Gasteiger partial charge in [0.2, 0.25) is 53.0 Å². The van der Waals surface area contributed by atoms with Gasteiger partial charge in [0, 0.05) is 127 Å². The number of carbonyl (C=O) groups is 16. The second kappa shape index (κ2) is 58.5. The number of hydrogen-bond donors (Lipinski definition) is 9. The Morgan fingerprint density at radius 2 is 0.922 bits per heavy atom. The Labute approximate surface area is 743 Å². The standard InChI is InChI=1S/C80H129N10O37P/c1-44(2)90(45(3)4)128(118-30-17-26-81)127-59-20-18-58(19-21-59)75(105)88-61(77(107)84-29-33-110-36-39-117-80(89-48(7)93)43-116-62(40-113-49(8)94)71(121-54(13)99)74(80)124-57(16)102)23-25-66(104)87-60(76(106)83-28-32-109-35-38-112-79-68(86-47(6)92)73(123-56(15)101)70(120-53(12)98)64(126-79)42-115-51(10)96)22-24-65(103)82-27-31-108-34-37-111-78-67(85-46(5)91)72(122-55(14)100)69(119-52(11)97)63(125-78)41-114-50(9)95/h44-45,56,58-64,67-74,78-79,101H,17-25,27-43H2,1-16H3,(H,82,103)(H,83,106)(H,84,107)(H,85,91)(H,86,92)(H,87,104)(H,88,105)(H,89,93)/t56?,58-,59+,60?,61?,62?,63?,64?,67?,68?,69?,70?,71?,72?,73?,74?,78?,79?,80?,128?. The monoisotopic (exact) mass is 1850 g/mol. The smallest absolute Gasteiger partial charge is 0.303 e. The van der Waals surface area contributed by atoms with E-state index in [1.165, 1.54) is 20.8 Å². The number of carbonyl (C=O) groups excluding carboxylic acids is 16. The van der Waals surface area contributed by atoms with Crippen LogP contribution in [0.5, 0.6) is 0 Å².